The number of aromatic nitrogens is 6. The van der Waals surface area contributed by atoms with Crippen LogP contribution in [-0.4, -0.2) is 50.7 Å². The zero-order chi connectivity index (χ0) is 30.3. The SMILES string of the molecule is CC(C)C(=O)Nc1cncc(-c2ccc3[nH]nc(-c4cc5c(-c6cc(F)cc(CNS(C)(=O)=O)c6)ccnc5[nH]4)c3n2)c1. The van der Waals surface area contributed by atoms with Crippen LogP contribution in [0.25, 0.3) is 55.8 Å². The number of hydrogen-bond acceptors (Lipinski definition) is 7. The molecular weight excluding hydrogens is 571 g/mol. The van der Waals surface area contributed by atoms with Crippen LogP contribution < -0.4 is 10.0 Å². The first-order valence-corrected chi connectivity index (χ1v) is 15.3. The first-order valence-electron chi connectivity index (χ1n) is 13.4. The Morgan fingerprint density at radius 2 is 1.88 bits per heavy atom. The summed E-state index contributed by atoms with van der Waals surface area (Å²) in [5.74, 6) is -0.759. The maximum Gasteiger partial charge on any atom is 0.226 e. The molecule has 1 amide bonds. The maximum absolute atomic E-state index is 14.6. The van der Waals surface area contributed by atoms with E-state index < -0.39 is 15.8 Å². The summed E-state index contributed by atoms with van der Waals surface area (Å²) in [5, 5.41) is 11.1. The van der Waals surface area contributed by atoms with Crippen LogP contribution in [0.2, 0.25) is 0 Å². The molecule has 0 aliphatic heterocycles. The summed E-state index contributed by atoms with van der Waals surface area (Å²) in [6.07, 6.45) is 5.94. The summed E-state index contributed by atoms with van der Waals surface area (Å²) in [4.78, 5) is 29.1. The summed E-state index contributed by atoms with van der Waals surface area (Å²) in [6.45, 7) is 3.60. The number of carbonyl (C=O) groups excluding carboxylic acids is 1. The molecule has 6 aromatic rings. The van der Waals surface area contributed by atoms with E-state index in [1.54, 1.807) is 30.7 Å². The van der Waals surface area contributed by atoms with Crippen molar-refractivity contribution in [1.82, 2.24) is 34.9 Å². The number of rotatable bonds is 8. The van der Waals surface area contributed by atoms with Crippen LogP contribution in [0.1, 0.15) is 19.4 Å². The predicted molar refractivity (Wildman–Crippen MR) is 163 cm³/mol. The van der Waals surface area contributed by atoms with Crippen LogP contribution in [-0.2, 0) is 21.4 Å². The Hall–Kier alpha value is -5.01. The lowest BCUT2D eigenvalue weighted by atomic mass is 10.0. The summed E-state index contributed by atoms with van der Waals surface area (Å²) < 4.78 is 40.1. The second-order valence-electron chi connectivity index (χ2n) is 10.5. The Bertz CT molecular complexity index is 2120. The van der Waals surface area contributed by atoms with Gasteiger partial charge in [0, 0.05) is 35.8 Å². The number of carbonyl (C=O) groups is 1. The summed E-state index contributed by atoms with van der Waals surface area (Å²) >= 11 is 0. The molecule has 0 radical (unpaired) electrons. The van der Waals surface area contributed by atoms with Crippen molar-refractivity contribution in [3.8, 4) is 33.8 Å². The molecule has 0 atom stereocenters. The van der Waals surface area contributed by atoms with Crippen molar-refractivity contribution in [2.45, 2.75) is 20.4 Å². The molecule has 0 aliphatic rings. The summed E-state index contributed by atoms with van der Waals surface area (Å²) in [5.41, 5.74) is 6.84. The Morgan fingerprint density at radius 1 is 1.05 bits per heavy atom. The van der Waals surface area contributed by atoms with Crippen molar-refractivity contribution in [2.24, 2.45) is 5.92 Å². The van der Waals surface area contributed by atoms with E-state index in [1.807, 2.05) is 38.1 Å². The minimum Gasteiger partial charge on any atom is -0.338 e. The highest BCUT2D eigenvalue weighted by Crippen LogP contribution is 2.34. The second kappa shape index (κ2) is 11.0. The van der Waals surface area contributed by atoms with Crippen LogP contribution in [0.15, 0.2) is 67.1 Å². The fourth-order valence-electron chi connectivity index (χ4n) is 4.71. The standard InChI is InChI=1S/C30H27FN8O3S/c1-16(2)30(40)35-21-11-19(14-32-15-21)24-4-5-25-27(36-24)28(39-38-25)26-12-23-22(6-7-33-29(23)37-26)18-8-17(9-20(31)10-18)13-34-43(3,41)42/h4-12,14-16,34H,13H2,1-3H3,(H,33,37)(H,35,40)(H,38,39). The van der Waals surface area contributed by atoms with Gasteiger partial charge < -0.3 is 10.3 Å². The van der Waals surface area contributed by atoms with Gasteiger partial charge in [-0.05, 0) is 65.2 Å². The molecule has 1 aromatic carbocycles. The van der Waals surface area contributed by atoms with E-state index in [0.717, 1.165) is 22.7 Å². The Balaban J connectivity index is 1.38. The van der Waals surface area contributed by atoms with Crippen LogP contribution in [0.4, 0.5) is 10.1 Å². The lowest BCUT2D eigenvalue weighted by molar-refractivity contribution is -0.118. The van der Waals surface area contributed by atoms with Gasteiger partial charge in [0.15, 0.2) is 0 Å². The van der Waals surface area contributed by atoms with Gasteiger partial charge in [-0.2, -0.15) is 5.10 Å². The van der Waals surface area contributed by atoms with Gasteiger partial charge in [0.05, 0.1) is 35.0 Å². The van der Waals surface area contributed by atoms with E-state index in [1.165, 1.54) is 12.1 Å². The van der Waals surface area contributed by atoms with Crippen molar-refractivity contribution in [3.63, 3.8) is 0 Å². The van der Waals surface area contributed by atoms with Gasteiger partial charge in [0.25, 0.3) is 0 Å². The molecule has 0 aliphatic carbocycles. The normalized spacial score (nSPS) is 11.9. The van der Waals surface area contributed by atoms with E-state index in [9.17, 15) is 17.6 Å². The predicted octanol–water partition coefficient (Wildman–Crippen LogP) is 5.01. The van der Waals surface area contributed by atoms with Gasteiger partial charge in [0.1, 0.15) is 22.7 Å². The molecule has 5 heterocycles. The molecule has 13 heteroatoms. The number of sulfonamides is 1. The van der Waals surface area contributed by atoms with E-state index >= 15 is 0 Å². The van der Waals surface area contributed by atoms with Crippen molar-refractivity contribution >= 4 is 43.7 Å². The number of H-pyrrole nitrogens is 2. The van der Waals surface area contributed by atoms with Crippen LogP contribution in [0.5, 0.6) is 0 Å². The zero-order valence-electron chi connectivity index (χ0n) is 23.4. The fraction of sp³-hybridized carbons (Fsp3) is 0.167. The monoisotopic (exact) mass is 598 g/mol. The molecule has 0 bridgehead atoms. The largest absolute Gasteiger partial charge is 0.338 e. The average Bonchev–Trinajstić information content (AvgIpc) is 3.59. The fourth-order valence-corrected chi connectivity index (χ4v) is 5.14. The van der Waals surface area contributed by atoms with E-state index in [2.05, 4.69) is 35.2 Å². The van der Waals surface area contributed by atoms with E-state index in [-0.39, 0.29) is 18.4 Å². The number of nitrogens with zero attached hydrogens (tertiary/aromatic N) is 4. The molecular formula is C30H27FN8O3S. The van der Waals surface area contributed by atoms with Gasteiger partial charge in [-0.1, -0.05) is 13.8 Å². The van der Waals surface area contributed by atoms with E-state index in [0.29, 0.717) is 50.6 Å². The topological polar surface area (TPSA) is 158 Å². The van der Waals surface area contributed by atoms with Gasteiger partial charge in [-0.3, -0.25) is 14.9 Å². The lowest BCUT2D eigenvalue weighted by Gasteiger charge is -2.08. The number of pyridine rings is 3. The van der Waals surface area contributed by atoms with Gasteiger partial charge in [-0.15, -0.1) is 0 Å². The minimum atomic E-state index is -3.44. The van der Waals surface area contributed by atoms with Gasteiger partial charge >= 0.3 is 0 Å². The molecule has 0 fully saturated rings. The van der Waals surface area contributed by atoms with Crippen molar-refractivity contribution < 1.29 is 17.6 Å². The first-order chi connectivity index (χ1) is 20.5. The summed E-state index contributed by atoms with van der Waals surface area (Å²) in [6, 6.07) is 13.6. The zero-order valence-corrected chi connectivity index (χ0v) is 24.3. The third kappa shape index (κ3) is 5.98. The average molecular weight is 599 g/mol. The third-order valence-electron chi connectivity index (χ3n) is 6.83. The second-order valence-corrected chi connectivity index (χ2v) is 12.3. The molecule has 0 saturated carbocycles. The molecule has 218 valence electrons. The smallest absolute Gasteiger partial charge is 0.226 e. The quantitative estimate of drug-likeness (QED) is 0.192. The lowest BCUT2D eigenvalue weighted by Crippen LogP contribution is -2.21. The highest BCUT2D eigenvalue weighted by molar-refractivity contribution is 7.88. The van der Waals surface area contributed by atoms with Gasteiger partial charge in [-0.25, -0.2) is 27.5 Å². The highest BCUT2D eigenvalue weighted by atomic mass is 32.2. The molecule has 43 heavy (non-hydrogen) atoms. The number of aromatic amines is 2. The first kappa shape index (κ1) is 28.1. The van der Waals surface area contributed by atoms with Crippen molar-refractivity contribution in [1.29, 1.82) is 0 Å². The molecule has 4 N–H and O–H groups in total. The number of nitrogens with one attached hydrogen (secondary N) is 4. The maximum atomic E-state index is 14.6. The molecule has 6 rings (SSSR count). The number of anilines is 1. The molecule has 5 aromatic heterocycles. The van der Waals surface area contributed by atoms with E-state index in [4.69, 9.17) is 4.98 Å². The molecule has 11 nitrogen and oxygen atoms in total. The Labute approximate surface area is 246 Å². The number of amides is 1. The number of hydrogen-bond donors (Lipinski definition) is 4. The highest BCUT2D eigenvalue weighted by Gasteiger charge is 2.17. The number of benzene rings is 1. The number of halogens is 1. The molecule has 0 unspecified atom stereocenters. The minimum absolute atomic E-state index is 0.0357. The Morgan fingerprint density at radius 3 is 2.67 bits per heavy atom. The van der Waals surface area contributed by atoms with Gasteiger partial charge in [0.2, 0.25) is 15.9 Å². The number of fused-ring (bicyclic) bond motifs is 2. The van der Waals surface area contributed by atoms with Crippen molar-refractivity contribution in [3.05, 3.63) is 78.5 Å². The van der Waals surface area contributed by atoms with Crippen LogP contribution >= 0.6 is 0 Å². The van der Waals surface area contributed by atoms with Crippen molar-refractivity contribution in [2.75, 3.05) is 11.6 Å². The van der Waals surface area contributed by atoms with Crippen LogP contribution in [0.3, 0.4) is 0 Å². The summed E-state index contributed by atoms with van der Waals surface area (Å²) in [7, 11) is -3.44. The molecule has 0 spiro atoms. The Kier molecular flexibility index (Phi) is 7.20. The third-order valence-corrected chi connectivity index (χ3v) is 7.50. The van der Waals surface area contributed by atoms with Crippen LogP contribution in [0, 0.1) is 11.7 Å². The molecule has 0 saturated heterocycles.